The average Bonchev–Trinajstić information content (AvgIpc) is 3.26. The summed E-state index contributed by atoms with van der Waals surface area (Å²) in [5, 5.41) is 13.3. The number of carbonyl (C=O) groups is 1. The summed E-state index contributed by atoms with van der Waals surface area (Å²) >= 11 is 2.77. The van der Waals surface area contributed by atoms with Crippen molar-refractivity contribution in [3.05, 3.63) is 46.8 Å². The number of para-hydroxylation sites is 1. The molecule has 0 spiro atoms. The van der Waals surface area contributed by atoms with Gasteiger partial charge in [-0.05, 0) is 35.9 Å². The van der Waals surface area contributed by atoms with Gasteiger partial charge in [-0.25, -0.2) is 0 Å². The number of carbonyl (C=O) groups excluding carboxylic acids is 1. The lowest BCUT2D eigenvalue weighted by atomic mass is 10.1. The van der Waals surface area contributed by atoms with Gasteiger partial charge in [-0.1, -0.05) is 43.0 Å². The minimum atomic E-state index is -0.0835. The Bertz CT molecular complexity index is 828. The number of nitrogens with zero attached hydrogens (tertiary/aromatic N) is 2. The SMILES string of the molecule is CCc1cccc(C)c1NC(=O)CSc1nnc(-c2cccs2)o1. The molecular weight excluding hydrogens is 342 g/mol. The Morgan fingerprint density at radius 3 is 2.92 bits per heavy atom. The molecule has 0 bridgehead atoms. The van der Waals surface area contributed by atoms with E-state index in [1.54, 1.807) is 0 Å². The third-order valence-corrected chi connectivity index (χ3v) is 5.15. The molecule has 2 heterocycles. The fraction of sp³-hybridized carbons (Fsp3) is 0.235. The van der Waals surface area contributed by atoms with E-state index in [0.717, 1.165) is 28.1 Å². The van der Waals surface area contributed by atoms with Crippen LogP contribution in [-0.4, -0.2) is 21.9 Å². The Balaban J connectivity index is 1.60. The van der Waals surface area contributed by atoms with Crippen molar-refractivity contribution in [2.45, 2.75) is 25.5 Å². The first kappa shape index (κ1) is 16.7. The van der Waals surface area contributed by atoms with E-state index in [1.165, 1.54) is 23.1 Å². The third kappa shape index (κ3) is 3.85. The molecule has 0 aliphatic carbocycles. The summed E-state index contributed by atoms with van der Waals surface area (Å²) in [6.45, 7) is 4.07. The van der Waals surface area contributed by atoms with Gasteiger partial charge in [0.05, 0.1) is 10.6 Å². The van der Waals surface area contributed by atoms with Gasteiger partial charge in [0, 0.05) is 5.69 Å². The van der Waals surface area contributed by atoms with Gasteiger partial charge >= 0.3 is 0 Å². The van der Waals surface area contributed by atoms with Crippen LogP contribution in [0.1, 0.15) is 18.1 Å². The maximum atomic E-state index is 12.2. The lowest BCUT2D eigenvalue weighted by molar-refractivity contribution is -0.113. The van der Waals surface area contributed by atoms with Crippen LogP contribution in [-0.2, 0) is 11.2 Å². The fourth-order valence-electron chi connectivity index (χ4n) is 2.27. The molecule has 1 N–H and O–H groups in total. The number of thioether (sulfide) groups is 1. The van der Waals surface area contributed by atoms with Crippen LogP contribution in [0.3, 0.4) is 0 Å². The second-order valence-electron chi connectivity index (χ2n) is 5.15. The van der Waals surface area contributed by atoms with E-state index in [9.17, 15) is 4.79 Å². The first-order valence-electron chi connectivity index (χ1n) is 7.56. The number of hydrogen-bond donors (Lipinski definition) is 1. The first-order chi connectivity index (χ1) is 11.7. The maximum Gasteiger partial charge on any atom is 0.277 e. The quantitative estimate of drug-likeness (QED) is 0.661. The Kier molecular flexibility index (Phi) is 5.32. The zero-order valence-electron chi connectivity index (χ0n) is 13.4. The Labute approximate surface area is 148 Å². The molecule has 124 valence electrons. The van der Waals surface area contributed by atoms with Gasteiger partial charge in [-0.3, -0.25) is 4.79 Å². The van der Waals surface area contributed by atoms with Crippen LogP contribution in [0.25, 0.3) is 10.8 Å². The van der Waals surface area contributed by atoms with Gasteiger partial charge in [0.15, 0.2) is 0 Å². The van der Waals surface area contributed by atoms with E-state index in [-0.39, 0.29) is 11.7 Å². The summed E-state index contributed by atoms with van der Waals surface area (Å²) in [6.07, 6.45) is 0.873. The number of anilines is 1. The molecule has 24 heavy (non-hydrogen) atoms. The van der Waals surface area contributed by atoms with Gasteiger partial charge in [0.2, 0.25) is 5.91 Å². The van der Waals surface area contributed by atoms with Crippen LogP contribution in [0.5, 0.6) is 0 Å². The number of aromatic nitrogens is 2. The van der Waals surface area contributed by atoms with E-state index >= 15 is 0 Å². The van der Waals surface area contributed by atoms with Gasteiger partial charge in [-0.15, -0.1) is 21.5 Å². The predicted molar refractivity (Wildman–Crippen MR) is 97.5 cm³/mol. The van der Waals surface area contributed by atoms with E-state index in [2.05, 4.69) is 22.4 Å². The van der Waals surface area contributed by atoms with Gasteiger partial charge < -0.3 is 9.73 Å². The van der Waals surface area contributed by atoms with Crippen molar-refractivity contribution in [3.63, 3.8) is 0 Å². The van der Waals surface area contributed by atoms with Gasteiger partial charge in [-0.2, -0.15) is 0 Å². The molecule has 1 aromatic carbocycles. The summed E-state index contributed by atoms with van der Waals surface area (Å²) < 4.78 is 5.57. The van der Waals surface area contributed by atoms with E-state index in [0.29, 0.717) is 11.1 Å². The number of amides is 1. The van der Waals surface area contributed by atoms with Crippen LogP contribution in [0.4, 0.5) is 5.69 Å². The highest BCUT2D eigenvalue weighted by atomic mass is 32.2. The fourth-order valence-corrected chi connectivity index (χ4v) is 3.48. The molecule has 0 radical (unpaired) electrons. The molecule has 0 saturated carbocycles. The molecule has 7 heteroatoms. The molecule has 1 amide bonds. The Morgan fingerprint density at radius 1 is 1.29 bits per heavy atom. The van der Waals surface area contributed by atoms with Crippen LogP contribution in [0.15, 0.2) is 45.4 Å². The topological polar surface area (TPSA) is 68.0 Å². The van der Waals surface area contributed by atoms with Crippen LogP contribution in [0, 0.1) is 6.92 Å². The molecule has 0 aliphatic rings. The Morgan fingerprint density at radius 2 is 2.17 bits per heavy atom. The number of hydrogen-bond acceptors (Lipinski definition) is 6. The molecular formula is C17H17N3O2S2. The van der Waals surface area contributed by atoms with Crippen LogP contribution in [0.2, 0.25) is 0 Å². The second kappa shape index (κ2) is 7.63. The Hall–Kier alpha value is -2.12. The average molecular weight is 359 g/mol. The smallest absolute Gasteiger partial charge is 0.277 e. The molecule has 0 atom stereocenters. The first-order valence-corrected chi connectivity index (χ1v) is 9.42. The molecule has 0 saturated heterocycles. The molecule has 3 rings (SSSR count). The zero-order valence-corrected chi connectivity index (χ0v) is 15.0. The standard InChI is InChI=1S/C17H17N3O2S2/c1-3-12-7-4-6-11(2)15(12)18-14(21)10-24-17-20-19-16(22-17)13-8-5-9-23-13/h4-9H,3,10H2,1-2H3,(H,18,21). The highest BCUT2D eigenvalue weighted by Gasteiger charge is 2.13. The molecule has 2 aromatic heterocycles. The van der Waals surface area contributed by atoms with E-state index < -0.39 is 0 Å². The van der Waals surface area contributed by atoms with Crippen molar-refractivity contribution in [2.24, 2.45) is 0 Å². The lowest BCUT2D eigenvalue weighted by Gasteiger charge is -2.12. The molecule has 0 aliphatic heterocycles. The van der Waals surface area contributed by atoms with Crippen molar-refractivity contribution in [1.29, 1.82) is 0 Å². The van der Waals surface area contributed by atoms with Crippen LogP contribution >= 0.6 is 23.1 Å². The summed E-state index contributed by atoms with van der Waals surface area (Å²) in [5.74, 6) is 0.628. The van der Waals surface area contributed by atoms with Gasteiger partial charge in [0.1, 0.15) is 0 Å². The number of rotatable bonds is 6. The summed E-state index contributed by atoms with van der Waals surface area (Å²) in [4.78, 5) is 13.1. The minimum Gasteiger partial charge on any atom is -0.410 e. The summed E-state index contributed by atoms with van der Waals surface area (Å²) in [5.41, 5.74) is 3.09. The highest BCUT2D eigenvalue weighted by molar-refractivity contribution is 7.99. The number of benzene rings is 1. The lowest BCUT2D eigenvalue weighted by Crippen LogP contribution is -2.16. The number of aryl methyl sites for hydroxylation is 2. The number of thiophene rings is 1. The second-order valence-corrected chi connectivity index (χ2v) is 7.02. The van der Waals surface area contributed by atoms with E-state index in [4.69, 9.17) is 4.42 Å². The zero-order chi connectivity index (χ0) is 16.9. The predicted octanol–water partition coefficient (Wildman–Crippen LogP) is 4.40. The van der Waals surface area contributed by atoms with Crippen molar-refractivity contribution in [2.75, 3.05) is 11.1 Å². The molecule has 0 fully saturated rings. The van der Waals surface area contributed by atoms with Crippen molar-refractivity contribution >= 4 is 34.7 Å². The normalized spacial score (nSPS) is 10.8. The monoisotopic (exact) mass is 359 g/mol. The van der Waals surface area contributed by atoms with Crippen molar-refractivity contribution in [3.8, 4) is 10.8 Å². The van der Waals surface area contributed by atoms with Gasteiger partial charge in [0.25, 0.3) is 11.1 Å². The highest BCUT2D eigenvalue weighted by Crippen LogP contribution is 2.27. The summed E-state index contributed by atoms with van der Waals surface area (Å²) in [6, 6.07) is 9.87. The minimum absolute atomic E-state index is 0.0835. The van der Waals surface area contributed by atoms with Crippen LogP contribution < -0.4 is 5.32 Å². The molecule has 5 nitrogen and oxygen atoms in total. The largest absolute Gasteiger partial charge is 0.410 e. The molecule has 0 unspecified atom stereocenters. The molecule has 3 aromatic rings. The maximum absolute atomic E-state index is 12.2. The third-order valence-electron chi connectivity index (χ3n) is 3.47. The van der Waals surface area contributed by atoms with Crippen molar-refractivity contribution < 1.29 is 9.21 Å². The summed E-state index contributed by atoms with van der Waals surface area (Å²) in [7, 11) is 0. The van der Waals surface area contributed by atoms with E-state index in [1.807, 2.05) is 42.6 Å². The number of nitrogens with one attached hydrogen (secondary N) is 1. The van der Waals surface area contributed by atoms with Crippen molar-refractivity contribution in [1.82, 2.24) is 10.2 Å².